The molecule has 0 bridgehead atoms. The van der Waals surface area contributed by atoms with Crippen molar-refractivity contribution >= 4 is 16.3 Å². The third-order valence-corrected chi connectivity index (χ3v) is 6.22. The molecule has 0 radical (unpaired) electrons. The van der Waals surface area contributed by atoms with Crippen molar-refractivity contribution in [3.8, 4) is 5.88 Å². The summed E-state index contributed by atoms with van der Waals surface area (Å²) in [5.74, 6) is 2.32. The van der Waals surface area contributed by atoms with Crippen molar-refractivity contribution in [2.24, 2.45) is 11.8 Å². The van der Waals surface area contributed by atoms with Crippen molar-refractivity contribution in [3.05, 3.63) is 46.6 Å². The van der Waals surface area contributed by atoms with Crippen LogP contribution in [-0.4, -0.2) is 32.8 Å². The fourth-order valence-corrected chi connectivity index (χ4v) is 5.51. The molecule has 0 saturated carbocycles. The van der Waals surface area contributed by atoms with Crippen molar-refractivity contribution in [2.45, 2.75) is 33.2 Å². The van der Waals surface area contributed by atoms with Crippen molar-refractivity contribution in [1.82, 2.24) is 14.6 Å². The van der Waals surface area contributed by atoms with Gasteiger partial charge in [0, 0.05) is 17.4 Å². The van der Waals surface area contributed by atoms with Gasteiger partial charge in [-0.3, -0.25) is 0 Å². The predicted molar refractivity (Wildman–Crippen MR) is 99.2 cm³/mol. The second-order valence-corrected chi connectivity index (χ2v) is 8.51. The number of hydrogen-bond donors (Lipinski definition) is 2. The molecule has 1 saturated heterocycles. The van der Waals surface area contributed by atoms with Crippen LogP contribution in [0.2, 0.25) is 0 Å². The lowest BCUT2D eigenvalue weighted by Gasteiger charge is -2.36. The van der Waals surface area contributed by atoms with Crippen LogP contribution in [0.1, 0.15) is 42.6 Å². The number of benzene rings is 1. The summed E-state index contributed by atoms with van der Waals surface area (Å²) < 4.78 is 1.58. The summed E-state index contributed by atoms with van der Waals surface area (Å²) in [5, 5.41) is 15.2. The van der Waals surface area contributed by atoms with Crippen LogP contribution in [0.4, 0.5) is 0 Å². The zero-order valence-electron chi connectivity index (χ0n) is 14.9. The van der Waals surface area contributed by atoms with Gasteiger partial charge >= 0.3 is 0 Å². The zero-order valence-corrected chi connectivity index (χ0v) is 15.8. The van der Waals surface area contributed by atoms with Gasteiger partial charge in [0.15, 0.2) is 6.04 Å². The maximum Gasteiger partial charge on any atom is 0.235 e. The van der Waals surface area contributed by atoms with Crippen molar-refractivity contribution in [1.29, 1.82) is 0 Å². The van der Waals surface area contributed by atoms with Gasteiger partial charge in [0.05, 0.1) is 13.1 Å². The van der Waals surface area contributed by atoms with Crippen LogP contribution in [0.25, 0.3) is 4.96 Å². The van der Waals surface area contributed by atoms with Gasteiger partial charge in [-0.2, -0.15) is 4.52 Å². The minimum Gasteiger partial charge on any atom is -0.492 e. The predicted octanol–water partition coefficient (Wildman–Crippen LogP) is 2.46. The molecule has 2 aromatic heterocycles. The van der Waals surface area contributed by atoms with Gasteiger partial charge in [-0.15, -0.1) is 5.10 Å². The number of nitrogens with one attached hydrogen (secondary N) is 1. The van der Waals surface area contributed by atoms with E-state index >= 15 is 0 Å². The van der Waals surface area contributed by atoms with Crippen LogP contribution in [0.5, 0.6) is 5.88 Å². The first-order valence-electron chi connectivity index (χ1n) is 8.97. The molecule has 5 nitrogen and oxygen atoms in total. The largest absolute Gasteiger partial charge is 0.492 e. The van der Waals surface area contributed by atoms with Crippen LogP contribution in [0.3, 0.4) is 0 Å². The fourth-order valence-electron chi connectivity index (χ4n) is 4.32. The standard InChI is InChI=1S/C19H24N4OS/c1-12-9-13(2)11-22(10-12)16(15-7-5-4-6-8-15)17-18(24)23-19(25-17)20-14(3)21-23/h4-8,12-13,16,24H,9-11H2,1-3H3/p+1/t12-,13+,16-/m0/s1. The van der Waals surface area contributed by atoms with Crippen molar-refractivity contribution in [2.75, 3.05) is 13.1 Å². The van der Waals surface area contributed by atoms with E-state index in [1.54, 1.807) is 15.9 Å². The number of aromatic hydroxyl groups is 1. The second kappa shape index (κ2) is 6.42. The number of rotatable bonds is 3. The SMILES string of the molecule is Cc1nc2sc([C@H](c3ccccc3)[NH+]3C[C@H](C)C[C@H](C)C3)c(O)n2n1. The number of aromatic nitrogens is 3. The number of nitrogens with zero attached hydrogens (tertiary/aromatic N) is 3. The third kappa shape index (κ3) is 3.04. The molecule has 1 fully saturated rings. The molecule has 25 heavy (non-hydrogen) atoms. The summed E-state index contributed by atoms with van der Waals surface area (Å²) in [6, 6.07) is 10.7. The van der Waals surface area contributed by atoms with Crippen molar-refractivity contribution < 1.29 is 10.0 Å². The van der Waals surface area contributed by atoms with E-state index < -0.39 is 0 Å². The van der Waals surface area contributed by atoms with Gasteiger partial charge in [-0.25, -0.2) is 4.98 Å². The highest BCUT2D eigenvalue weighted by Crippen LogP contribution is 2.35. The van der Waals surface area contributed by atoms with Crippen LogP contribution in [-0.2, 0) is 0 Å². The molecule has 3 heterocycles. The van der Waals surface area contributed by atoms with Gasteiger partial charge in [0.2, 0.25) is 10.8 Å². The average molecular weight is 358 g/mol. The Labute approximate surface area is 151 Å². The third-order valence-electron chi connectivity index (χ3n) is 5.13. The van der Waals surface area contributed by atoms with E-state index in [1.807, 2.05) is 13.0 Å². The number of aryl methyl sites for hydroxylation is 1. The molecule has 132 valence electrons. The summed E-state index contributed by atoms with van der Waals surface area (Å²) >= 11 is 1.56. The van der Waals surface area contributed by atoms with Crippen LogP contribution in [0, 0.1) is 18.8 Å². The minimum absolute atomic E-state index is 0.125. The molecule has 0 amide bonds. The Morgan fingerprint density at radius 3 is 2.52 bits per heavy atom. The van der Waals surface area contributed by atoms with Crippen molar-refractivity contribution in [3.63, 3.8) is 0 Å². The molecular formula is C19H25N4OS+. The Kier molecular flexibility index (Phi) is 4.25. The summed E-state index contributed by atoms with van der Waals surface area (Å²) in [4.78, 5) is 7.71. The van der Waals surface area contributed by atoms with E-state index in [1.165, 1.54) is 16.9 Å². The maximum absolute atomic E-state index is 10.9. The highest BCUT2D eigenvalue weighted by atomic mass is 32.1. The van der Waals surface area contributed by atoms with Crippen LogP contribution in [0.15, 0.2) is 30.3 Å². The van der Waals surface area contributed by atoms with E-state index in [0.717, 1.165) is 22.9 Å². The number of fused-ring (bicyclic) bond motifs is 1. The number of likely N-dealkylation sites (tertiary alicyclic amines) is 1. The van der Waals surface area contributed by atoms with Gasteiger partial charge in [0.1, 0.15) is 10.7 Å². The zero-order chi connectivity index (χ0) is 17.6. The maximum atomic E-state index is 10.9. The quantitative estimate of drug-likeness (QED) is 0.757. The molecule has 0 spiro atoms. The molecule has 1 unspecified atom stereocenters. The molecular weight excluding hydrogens is 332 g/mol. The van der Waals surface area contributed by atoms with E-state index in [9.17, 15) is 5.11 Å². The normalized spacial score (nSPS) is 25.3. The number of hydrogen-bond acceptors (Lipinski definition) is 4. The Morgan fingerprint density at radius 2 is 1.88 bits per heavy atom. The molecule has 3 aromatic rings. The molecule has 1 aromatic carbocycles. The van der Waals surface area contributed by atoms with Crippen LogP contribution >= 0.6 is 11.3 Å². The Balaban J connectivity index is 1.82. The highest BCUT2D eigenvalue weighted by molar-refractivity contribution is 7.17. The van der Waals surface area contributed by atoms with Gasteiger partial charge in [-0.05, 0) is 13.3 Å². The molecule has 4 rings (SSSR count). The number of piperidine rings is 1. The first-order valence-corrected chi connectivity index (χ1v) is 9.79. The highest BCUT2D eigenvalue weighted by Gasteiger charge is 2.36. The second-order valence-electron chi connectivity index (χ2n) is 7.50. The Bertz CT molecular complexity index is 862. The van der Waals surface area contributed by atoms with Gasteiger partial charge in [0.25, 0.3) is 0 Å². The summed E-state index contributed by atoms with van der Waals surface area (Å²) in [5.41, 5.74) is 1.25. The van der Waals surface area contributed by atoms with E-state index in [0.29, 0.717) is 17.7 Å². The summed E-state index contributed by atoms with van der Waals surface area (Å²) in [6.07, 6.45) is 1.28. The van der Waals surface area contributed by atoms with Crippen LogP contribution < -0.4 is 4.90 Å². The minimum atomic E-state index is 0.125. The summed E-state index contributed by atoms with van der Waals surface area (Å²) in [6.45, 7) is 8.77. The molecule has 2 N–H and O–H groups in total. The first-order chi connectivity index (χ1) is 12.0. The monoisotopic (exact) mass is 357 g/mol. The van der Waals surface area contributed by atoms with Gasteiger partial charge < -0.3 is 10.0 Å². The first kappa shape index (κ1) is 16.5. The lowest BCUT2D eigenvalue weighted by Crippen LogP contribution is -3.14. The molecule has 1 aliphatic rings. The van der Waals surface area contributed by atoms with E-state index in [2.05, 4.69) is 48.2 Å². The lowest BCUT2D eigenvalue weighted by atomic mass is 9.89. The van der Waals surface area contributed by atoms with Gasteiger partial charge in [-0.1, -0.05) is 55.5 Å². The molecule has 1 aliphatic heterocycles. The smallest absolute Gasteiger partial charge is 0.235 e. The number of thiazole rings is 1. The Morgan fingerprint density at radius 1 is 1.20 bits per heavy atom. The molecule has 6 heteroatoms. The topological polar surface area (TPSA) is 54.9 Å². The molecule has 4 atom stereocenters. The number of quaternary nitrogens is 1. The van der Waals surface area contributed by atoms with E-state index in [4.69, 9.17) is 0 Å². The fraction of sp³-hybridized carbons (Fsp3) is 0.474. The summed E-state index contributed by atoms with van der Waals surface area (Å²) in [7, 11) is 0. The lowest BCUT2D eigenvalue weighted by molar-refractivity contribution is -0.936. The average Bonchev–Trinajstić information content (AvgIpc) is 3.06. The molecule has 0 aliphatic carbocycles. The Hall–Kier alpha value is -1.92. The van der Waals surface area contributed by atoms with E-state index in [-0.39, 0.29) is 11.9 Å².